The molecule has 1 aliphatic rings. The predicted octanol–water partition coefficient (Wildman–Crippen LogP) is 6.80. The van der Waals surface area contributed by atoms with Crippen molar-refractivity contribution in [2.24, 2.45) is 5.92 Å². The molecule has 0 spiro atoms. The van der Waals surface area contributed by atoms with Crippen LogP contribution in [0.3, 0.4) is 0 Å². The Balaban J connectivity index is 1.70. The number of ether oxygens (including phenoxy) is 1. The van der Waals surface area contributed by atoms with Crippen LogP contribution in [0.1, 0.15) is 75.3 Å². The van der Waals surface area contributed by atoms with Crippen LogP contribution in [-0.2, 0) is 11.3 Å². The highest BCUT2D eigenvalue weighted by molar-refractivity contribution is 5.25. The van der Waals surface area contributed by atoms with Crippen LogP contribution in [0.15, 0.2) is 49.1 Å². The summed E-state index contributed by atoms with van der Waals surface area (Å²) in [5, 5.41) is 0. The van der Waals surface area contributed by atoms with Gasteiger partial charge < -0.3 is 4.74 Å². The van der Waals surface area contributed by atoms with Gasteiger partial charge in [0.1, 0.15) is 0 Å². The van der Waals surface area contributed by atoms with Gasteiger partial charge in [0.05, 0.1) is 13.2 Å². The van der Waals surface area contributed by atoms with Crippen molar-refractivity contribution in [3.05, 3.63) is 60.2 Å². The highest BCUT2D eigenvalue weighted by atomic mass is 16.5. The molecule has 1 fully saturated rings. The number of benzene rings is 1. The van der Waals surface area contributed by atoms with E-state index >= 15 is 0 Å². The van der Waals surface area contributed by atoms with Crippen LogP contribution in [0, 0.1) is 5.92 Å². The molecule has 1 aromatic carbocycles. The standard InChI is InChI=1S/C23H34O/c1-3-5-7-9-20-10-14-22(15-11-20)23-16-12-21(13-17-23)19-24-18-8-6-4-2/h3-4,6,12-13,16-17,20,22H,1,5,7-11,14-15,18-19H2,2H3/t20-,22-. The molecule has 0 aromatic heterocycles. The Kier molecular flexibility index (Phi) is 8.91. The molecule has 1 nitrogen and oxygen atoms in total. The van der Waals surface area contributed by atoms with Crippen LogP contribution in [0.2, 0.25) is 0 Å². The zero-order valence-corrected chi connectivity index (χ0v) is 15.4. The molecular weight excluding hydrogens is 292 g/mol. The number of allylic oxidation sites excluding steroid dienone is 2. The highest BCUT2D eigenvalue weighted by Gasteiger charge is 2.21. The molecule has 0 aliphatic heterocycles. The van der Waals surface area contributed by atoms with Crippen molar-refractivity contribution in [2.75, 3.05) is 6.61 Å². The molecule has 0 heterocycles. The smallest absolute Gasteiger partial charge is 0.0717 e. The first kappa shape index (κ1) is 19.0. The molecule has 2 rings (SSSR count). The van der Waals surface area contributed by atoms with Gasteiger partial charge in [0, 0.05) is 0 Å². The third-order valence-electron chi connectivity index (χ3n) is 5.25. The summed E-state index contributed by atoms with van der Waals surface area (Å²) in [7, 11) is 0. The monoisotopic (exact) mass is 326 g/mol. The fourth-order valence-electron chi connectivity index (χ4n) is 3.73. The summed E-state index contributed by atoms with van der Waals surface area (Å²) in [6.07, 6.45) is 16.7. The molecule has 1 aromatic rings. The first-order valence-electron chi connectivity index (χ1n) is 9.72. The van der Waals surface area contributed by atoms with Crippen molar-refractivity contribution >= 4 is 0 Å². The second kappa shape index (κ2) is 11.3. The van der Waals surface area contributed by atoms with E-state index in [0.717, 1.165) is 31.5 Å². The lowest BCUT2D eigenvalue weighted by Crippen LogP contribution is -2.13. The van der Waals surface area contributed by atoms with Gasteiger partial charge in [-0.15, -0.1) is 6.58 Å². The van der Waals surface area contributed by atoms with Crippen molar-refractivity contribution in [2.45, 2.75) is 70.8 Å². The molecule has 1 saturated carbocycles. The van der Waals surface area contributed by atoms with Crippen LogP contribution >= 0.6 is 0 Å². The van der Waals surface area contributed by atoms with Gasteiger partial charge in [-0.05, 0) is 74.8 Å². The van der Waals surface area contributed by atoms with Crippen LogP contribution in [0.5, 0.6) is 0 Å². The van der Waals surface area contributed by atoms with Crippen molar-refractivity contribution in [1.29, 1.82) is 0 Å². The summed E-state index contributed by atoms with van der Waals surface area (Å²) in [5.74, 6) is 1.72. The van der Waals surface area contributed by atoms with E-state index in [1.54, 1.807) is 0 Å². The van der Waals surface area contributed by atoms with Crippen LogP contribution < -0.4 is 0 Å². The summed E-state index contributed by atoms with van der Waals surface area (Å²) in [4.78, 5) is 0. The van der Waals surface area contributed by atoms with E-state index in [-0.39, 0.29) is 0 Å². The summed E-state index contributed by atoms with van der Waals surface area (Å²) < 4.78 is 5.71. The molecule has 0 atom stereocenters. The third kappa shape index (κ3) is 6.65. The van der Waals surface area contributed by atoms with Gasteiger partial charge in [0.25, 0.3) is 0 Å². The number of hydrogen-bond acceptors (Lipinski definition) is 1. The van der Waals surface area contributed by atoms with Gasteiger partial charge in [-0.1, -0.05) is 48.9 Å². The molecule has 0 bridgehead atoms. The quantitative estimate of drug-likeness (QED) is 0.339. The van der Waals surface area contributed by atoms with Gasteiger partial charge >= 0.3 is 0 Å². The minimum Gasteiger partial charge on any atom is -0.376 e. The second-order valence-electron chi connectivity index (χ2n) is 7.09. The van der Waals surface area contributed by atoms with Crippen molar-refractivity contribution in [3.8, 4) is 0 Å². The molecule has 0 unspecified atom stereocenters. The maximum atomic E-state index is 5.71. The van der Waals surface area contributed by atoms with Crippen LogP contribution in [0.4, 0.5) is 0 Å². The lowest BCUT2D eigenvalue weighted by atomic mass is 9.77. The van der Waals surface area contributed by atoms with Crippen molar-refractivity contribution in [3.63, 3.8) is 0 Å². The fraction of sp³-hybridized carbons (Fsp3) is 0.565. The molecule has 0 N–H and O–H groups in total. The Morgan fingerprint density at radius 2 is 1.83 bits per heavy atom. The molecule has 1 aliphatic carbocycles. The van der Waals surface area contributed by atoms with E-state index in [9.17, 15) is 0 Å². The van der Waals surface area contributed by atoms with Gasteiger partial charge in [0.2, 0.25) is 0 Å². The van der Waals surface area contributed by atoms with Crippen LogP contribution in [-0.4, -0.2) is 6.61 Å². The first-order chi connectivity index (χ1) is 11.8. The topological polar surface area (TPSA) is 9.23 Å². The van der Waals surface area contributed by atoms with Crippen LogP contribution in [0.25, 0.3) is 0 Å². The van der Waals surface area contributed by atoms with Crippen molar-refractivity contribution in [1.82, 2.24) is 0 Å². The van der Waals surface area contributed by atoms with E-state index in [1.807, 2.05) is 6.92 Å². The maximum absolute atomic E-state index is 5.71. The highest BCUT2D eigenvalue weighted by Crippen LogP contribution is 2.37. The Hall–Kier alpha value is -1.34. The van der Waals surface area contributed by atoms with E-state index in [4.69, 9.17) is 4.74 Å². The van der Waals surface area contributed by atoms with E-state index in [2.05, 4.69) is 49.1 Å². The second-order valence-corrected chi connectivity index (χ2v) is 7.09. The molecular formula is C23H34O. The fourth-order valence-corrected chi connectivity index (χ4v) is 3.73. The largest absolute Gasteiger partial charge is 0.376 e. The Bertz CT molecular complexity index is 477. The zero-order chi connectivity index (χ0) is 17.0. The average Bonchev–Trinajstić information content (AvgIpc) is 2.63. The SMILES string of the molecule is C=CCCC[C@H]1CC[C@H](c2ccc(COCCC=CC)cc2)CC1. The van der Waals surface area contributed by atoms with E-state index < -0.39 is 0 Å². The first-order valence-corrected chi connectivity index (χ1v) is 9.72. The average molecular weight is 327 g/mol. The van der Waals surface area contributed by atoms with E-state index in [1.165, 1.54) is 56.1 Å². The zero-order valence-electron chi connectivity index (χ0n) is 15.4. The molecule has 0 radical (unpaired) electrons. The summed E-state index contributed by atoms with van der Waals surface area (Å²) in [6, 6.07) is 9.16. The minimum atomic E-state index is 0.730. The molecule has 0 amide bonds. The van der Waals surface area contributed by atoms with Crippen molar-refractivity contribution < 1.29 is 4.74 Å². The summed E-state index contributed by atoms with van der Waals surface area (Å²) in [5.41, 5.74) is 2.81. The normalized spacial score (nSPS) is 21.2. The van der Waals surface area contributed by atoms with Gasteiger partial charge in [0.15, 0.2) is 0 Å². The minimum absolute atomic E-state index is 0.730. The summed E-state index contributed by atoms with van der Waals surface area (Å²) >= 11 is 0. The van der Waals surface area contributed by atoms with Gasteiger partial charge in [-0.2, -0.15) is 0 Å². The Labute approximate surface area is 148 Å². The maximum Gasteiger partial charge on any atom is 0.0717 e. The molecule has 24 heavy (non-hydrogen) atoms. The van der Waals surface area contributed by atoms with E-state index in [0.29, 0.717) is 0 Å². The molecule has 132 valence electrons. The predicted molar refractivity (Wildman–Crippen MR) is 104 cm³/mol. The Morgan fingerprint density at radius 1 is 1.08 bits per heavy atom. The summed E-state index contributed by atoms with van der Waals surface area (Å²) in [6.45, 7) is 7.41. The van der Waals surface area contributed by atoms with Gasteiger partial charge in [-0.3, -0.25) is 0 Å². The molecule has 0 saturated heterocycles. The molecule has 1 heteroatoms. The number of hydrogen-bond donors (Lipinski definition) is 0. The van der Waals surface area contributed by atoms with Gasteiger partial charge in [-0.25, -0.2) is 0 Å². The number of unbranched alkanes of at least 4 members (excludes halogenated alkanes) is 1. The Morgan fingerprint density at radius 3 is 2.50 bits per heavy atom. The third-order valence-corrected chi connectivity index (χ3v) is 5.25. The number of rotatable bonds is 10. The lowest BCUT2D eigenvalue weighted by Gasteiger charge is -2.29. The lowest BCUT2D eigenvalue weighted by molar-refractivity contribution is 0.125.